The lowest BCUT2D eigenvalue weighted by molar-refractivity contribution is -0.141. The van der Waals surface area contributed by atoms with Crippen molar-refractivity contribution < 1.29 is 14.3 Å². The van der Waals surface area contributed by atoms with Gasteiger partial charge in [0.15, 0.2) is 0 Å². The first-order valence-electron chi connectivity index (χ1n) is 5.19. The van der Waals surface area contributed by atoms with Crippen LogP contribution >= 0.6 is 0 Å². The van der Waals surface area contributed by atoms with Gasteiger partial charge in [0.05, 0.1) is 14.2 Å². The van der Waals surface area contributed by atoms with Crippen LogP contribution in [0, 0.1) is 0 Å². The number of anilines is 1. The summed E-state index contributed by atoms with van der Waals surface area (Å²) in [5, 5.41) is 3.10. The monoisotopic (exact) mass is 223 g/mol. The van der Waals surface area contributed by atoms with Gasteiger partial charge in [-0.05, 0) is 18.6 Å². The van der Waals surface area contributed by atoms with Crippen molar-refractivity contribution in [1.29, 1.82) is 0 Å². The third kappa shape index (κ3) is 3.15. The molecular weight excluding hydrogens is 206 g/mol. The van der Waals surface area contributed by atoms with Crippen molar-refractivity contribution in [1.82, 2.24) is 0 Å². The van der Waals surface area contributed by atoms with Gasteiger partial charge in [0.1, 0.15) is 11.8 Å². The van der Waals surface area contributed by atoms with Crippen LogP contribution in [-0.4, -0.2) is 26.2 Å². The second kappa shape index (κ2) is 6.00. The van der Waals surface area contributed by atoms with Crippen molar-refractivity contribution in [3.63, 3.8) is 0 Å². The molecule has 1 aromatic rings. The Bertz CT molecular complexity index is 352. The van der Waals surface area contributed by atoms with Crippen molar-refractivity contribution in [2.24, 2.45) is 0 Å². The van der Waals surface area contributed by atoms with Crippen LogP contribution in [-0.2, 0) is 9.53 Å². The standard InChI is InChI=1S/C12H17NO3/c1-4-11(12(14)16-3)13-9-6-5-7-10(8-9)15-2/h5-8,11,13H,4H2,1-3H3. The number of ether oxygens (including phenoxy) is 2. The van der Waals surface area contributed by atoms with Crippen molar-refractivity contribution in [3.8, 4) is 5.75 Å². The highest BCUT2D eigenvalue weighted by Gasteiger charge is 2.16. The smallest absolute Gasteiger partial charge is 0.328 e. The molecule has 4 heteroatoms. The number of hydrogen-bond donors (Lipinski definition) is 1. The van der Waals surface area contributed by atoms with E-state index in [0.29, 0.717) is 6.42 Å². The van der Waals surface area contributed by atoms with E-state index < -0.39 is 0 Å². The lowest BCUT2D eigenvalue weighted by atomic mass is 10.2. The number of hydrogen-bond acceptors (Lipinski definition) is 4. The molecule has 0 aliphatic carbocycles. The normalized spacial score (nSPS) is 11.7. The van der Waals surface area contributed by atoms with Crippen LogP contribution < -0.4 is 10.1 Å². The molecule has 1 rings (SSSR count). The maximum atomic E-state index is 11.4. The van der Waals surface area contributed by atoms with E-state index in [1.54, 1.807) is 7.11 Å². The molecule has 0 fully saturated rings. The van der Waals surface area contributed by atoms with Gasteiger partial charge in [0.2, 0.25) is 0 Å². The Balaban J connectivity index is 2.73. The maximum absolute atomic E-state index is 11.4. The van der Waals surface area contributed by atoms with E-state index >= 15 is 0 Å². The summed E-state index contributed by atoms with van der Waals surface area (Å²) in [7, 11) is 3.00. The van der Waals surface area contributed by atoms with Crippen LogP contribution in [0.4, 0.5) is 5.69 Å². The van der Waals surface area contributed by atoms with Gasteiger partial charge in [-0.1, -0.05) is 13.0 Å². The number of carbonyl (C=O) groups is 1. The molecule has 16 heavy (non-hydrogen) atoms. The maximum Gasteiger partial charge on any atom is 0.328 e. The van der Waals surface area contributed by atoms with Gasteiger partial charge in [-0.15, -0.1) is 0 Å². The van der Waals surface area contributed by atoms with Crippen molar-refractivity contribution >= 4 is 11.7 Å². The number of esters is 1. The van der Waals surface area contributed by atoms with Crippen LogP contribution in [0.3, 0.4) is 0 Å². The van der Waals surface area contributed by atoms with E-state index in [1.807, 2.05) is 31.2 Å². The molecular formula is C12H17NO3. The SMILES string of the molecule is CCC(Nc1cccc(OC)c1)C(=O)OC. The minimum Gasteiger partial charge on any atom is -0.497 e. The molecule has 0 aliphatic heterocycles. The first-order valence-corrected chi connectivity index (χ1v) is 5.19. The molecule has 0 aromatic heterocycles. The zero-order valence-corrected chi connectivity index (χ0v) is 9.82. The molecule has 0 spiro atoms. The molecule has 1 atom stereocenters. The van der Waals surface area contributed by atoms with E-state index in [-0.39, 0.29) is 12.0 Å². The molecule has 0 amide bonds. The molecule has 1 aromatic carbocycles. The minimum atomic E-state index is -0.322. The second-order valence-electron chi connectivity index (χ2n) is 3.36. The molecule has 88 valence electrons. The molecule has 4 nitrogen and oxygen atoms in total. The van der Waals surface area contributed by atoms with E-state index in [0.717, 1.165) is 11.4 Å². The predicted molar refractivity (Wildman–Crippen MR) is 62.7 cm³/mol. The van der Waals surface area contributed by atoms with E-state index in [2.05, 4.69) is 5.32 Å². The van der Waals surface area contributed by atoms with Gasteiger partial charge in [-0.2, -0.15) is 0 Å². The highest BCUT2D eigenvalue weighted by molar-refractivity contribution is 5.79. The number of methoxy groups -OCH3 is 2. The summed E-state index contributed by atoms with van der Waals surface area (Å²) >= 11 is 0. The van der Waals surface area contributed by atoms with Crippen molar-refractivity contribution in [2.45, 2.75) is 19.4 Å². The van der Waals surface area contributed by atoms with Gasteiger partial charge in [0, 0.05) is 11.8 Å². The number of rotatable bonds is 5. The molecule has 1 N–H and O–H groups in total. The quantitative estimate of drug-likeness (QED) is 0.776. The van der Waals surface area contributed by atoms with Crippen LogP contribution in [0.15, 0.2) is 24.3 Å². The van der Waals surface area contributed by atoms with Gasteiger partial charge >= 0.3 is 5.97 Å². The van der Waals surface area contributed by atoms with E-state index in [4.69, 9.17) is 9.47 Å². The number of nitrogens with one attached hydrogen (secondary N) is 1. The Kier molecular flexibility index (Phi) is 4.64. The zero-order chi connectivity index (χ0) is 12.0. The Labute approximate surface area is 95.6 Å². The first kappa shape index (κ1) is 12.4. The molecule has 0 saturated heterocycles. The average Bonchev–Trinajstić information content (AvgIpc) is 2.35. The average molecular weight is 223 g/mol. The fraction of sp³-hybridized carbons (Fsp3) is 0.417. The third-order valence-corrected chi connectivity index (χ3v) is 2.30. The Morgan fingerprint density at radius 3 is 2.75 bits per heavy atom. The molecule has 0 aliphatic rings. The summed E-state index contributed by atoms with van der Waals surface area (Å²) in [6, 6.07) is 7.12. The largest absolute Gasteiger partial charge is 0.497 e. The molecule has 1 unspecified atom stereocenters. The topological polar surface area (TPSA) is 47.6 Å². The van der Waals surface area contributed by atoms with Crippen LogP contribution in [0.1, 0.15) is 13.3 Å². The minimum absolute atomic E-state index is 0.259. The van der Waals surface area contributed by atoms with Crippen LogP contribution in [0.25, 0.3) is 0 Å². The fourth-order valence-electron chi connectivity index (χ4n) is 1.38. The lowest BCUT2D eigenvalue weighted by Crippen LogP contribution is -2.29. The molecule has 0 heterocycles. The fourth-order valence-corrected chi connectivity index (χ4v) is 1.38. The Hall–Kier alpha value is -1.71. The second-order valence-corrected chi connectivity index (χ2v) is 3.36. The highest BCUT2D eigenvalue weighted by Crippen LogP contribution is 2.18. The number of benzene rings is 1. The van der Waals surface area contributed by atoms with Gasteiger partial charge in [0.25, 0.3) is 0 Å². The highest BCUT2D eigenvalue weighted by atomic mass is 16.5. The van der Waals surface area contributed by atoms with Crippen molar-refractivity contribution in [3.05, 3.63) is 24.3 Å². The Morgan fingerprint density at radius 1 is 1.44 bits per heavy atom. The lowest BCUT2D eigenvalue weighted by Gasteiger charge is -2.16. The van der Waals surface area contributed by atoms with Gasteiger partial charge in [-0.25, -0.2) is 4.79 Å². The molecule has 0 radical (unpaired) electrons. The third-order valence-electron chi connectivity index (χ3n) is 2.30. The first-order chi connectivity index (χ1) is 7.71. The van der Waals surface area contributed by atoms with E-state index in [9.17, 15) is 4.79 Å². The molecule has 0 saturated carbocycles. The van der Waals surface area contributed by atoms with E-state index in [1.165, 1.54) is 7.11 Å². The summed E-state index contributed by atoms with van der Waals surface area (Å²) in [5.41, 5.74) is 0.844. The Morgan fingerprint density at radius 2 is 2.19 bits per heavy atom. The summed E-state index contributed by atoms with van der Waals surface area (Å²) < 4.78 is 9.80. The number of carbonyl (C=O) groups excluding carboxylic acids is 1. The van der Waals surface area contributed by atoms with Crippen LogP contribution in [0.5, 0.6) is 5.75 Å². The van der Waals surface area contributed by atoms with Crippen LogP contribution in [0.2, 0.25) is 0 Å². The zero-order valence-electron chi connectivity index (χ0n) is 9.82. The summed E-state index contributed by atoms with van der Waals surface area (Å²) in [6.07, 6.45) is 0.671. The van der Waals surface area contributed by atoms with Gasteiger partial charge in [-0.3, -0.25) is 0 Å². The summed E-state index contributed by atoms with van der Waals surface area (Å²) in [4.78, 5) is 11.4. The molecule has 0 bridgehead atoms. The van der Waals surface area contributed by atoms with Gasteiger partial charge < -0.3 is 14.8 Å². The van der Waals surface area contributed by atoms with Crippen molar-refractivity contribution in [2.75, 3.05) is 19.5 Å². The summed E-state index contributed by atoms with van der Waals surface area (Å²) in [6.45, 7) is 1.93. The summed E-state index contributed by atoms with van der Waals surface area (Å²) in [5.74, 6) is 0.495. The predicted octanol–water partition coefficient (Wildman–Crippen LogP) is 2.06.